The summed E-state index contributed by atoms with van der Waals surface area (Å²) >= 11 is 0. The predicted octanol–water partition coefficient (Wildman–Crippen LogP) is 3.24. The number of hydrogen-bond acceptors (Lipinski definition) is 3. The van der Waals surface area contributed by atoms with Crippen LogP contribution in [-0.4, -0.2) is 11.1 Å². The van der Waals surface area contributed by atoms with Gasteiger partial charge in [0.15, 0.2) is 0 Å². The molecule has 104 valence electrons. The van der Waals surface area contributed by atoms with Crippen molar-refractivity contribution < 1.29 is 4.74 Å². The van der Waals surface area contributed by atoms with Crippen molar-refractivity contribution in [1.29, 1.82) is 0 Å². The number of rotatable bonds is 2. The summed E-state index contributed by atoms with van der Waals surface area (Å²) < 4.78 is 6.02. The number of benzene rings is 2. The molecular formula is C18H16N2O. The first kappa shape index (κ1) is 12.4. The molecule has 1 aliphatic heterocycles. The van der Waals surface area contributed by atoms with Crippen LogP contribution in [0.5, 0.6) is 5.75 Å². The molecule has 1 aliphatic rings. The fourth-order valence-electron chi connectivity index (χ4n) is 3.01. The molecule has 3 nitrogen and oxygen atoms in total. The number of fused-ring (bicyclic) bond motifs is 2. The van der Waals surface area contributed by atoms with E-state index in [9.17, 15) is 0 Å². The molecule has 0 bridgehead atoms. The fraction of sp³-hybridized carbons (Fsp3) is 0.167. The van der Waals surface area contributed by atoms with Crippen molar-refractivity contribution in [2.24, 2.45) is 5.73 Å². The Morgan fingerprint density at radius 2 is 1.86 bits per heavy atom. The predicted molar refractivity (Wildman–Crippen MR) is 83.2 cm³/mol. The van der Waals surface area contributed by atoms with Crippen molar-refractivity contribution in [3.05, 3.63) is 72.1 Å². The van der Waals surface area contributed by atoms with E-state index in [4.69, 9.17) is 10.5 Å². The normalized spacial score (nSPS) is 18.2. The Morgan fingerprint density at radius 1 is 1.05 bits per heavy atom. The van der Waals surface area contributed by atoms with E-state index in [2.05, 4.69) is 23.2 Å². The lowest BCUT2D eigenvalue weighted by atomic mass is 9.96. The van der Waals surface area contributed by atoms with Crippen molar-refractivity contribution in [2.75, 3.05) is 0 Å². The molecule has 4 rings (SSSR count). The van der Waals surface area contributed by atoms with Crippen LogP contribution in [0, 0.1) is 0 Å². The summed E-state index contributed by atoms with van der Waals surface area (Å²) in [6.07, 6.45) is 4.55. The van der Waals surface area contributed by atoms with E-state index in [1.165, 1.54) is 5.56 Å². The summed E-state index contributed by atoms with van der Waals surface area (Å²) in [5.74, 6) is 0.950. The van der Waals surface area contributed by atoms with Gasteiger partial charge in [-0.1, -0.05) is 42.5 Å². The van der Waals surface area contributed by atoms with Crippen molar-refractivity contribution in [3.8, 4) is 5.75 Å². The maximum absolute atomic E-state index is 6.48. The van der Waals surface area contributed by atoms with Gasteiger partial charge >= 0.3 is 0 Å². The average Bonchev–Trinajstić information content (AvgIpc) is 2.97. The van der Waals surface area contributed by atoms with E-state index in [0.29, 0.717) is 0 Å². The van der Waals surface area contributed by atoms with Crippen molar-refractivity contribution in [2.45, 2.75) is 18.6 Å². The number of pyridine rings is 1. The highest BCUT2D eigenvalue weighted by Crippen LogP contribution is 2.34. The molecule has 21 heavy (non-hydrogen) atoms. The number of ether oxygens (including phenoxy) is 1. The molecule has 1 aromatic heterocycles. The Hall–Kier alpha value is -2.39. The number of aromatic nitrogens is 1. The molecule has 0 saturated heterocycles. The van der Waals surface area contributed by atoms with Gasteiger partial charge in [0.1, 0.15) is 11.9 Å². The molecule has 2 N–H and O–H groups in total. The Kier molecular flexibility index (Phi) is 2.86. The third-order valence-corrected chi connectivity index (χ3v) is 4.13. The number of nitrogens with two attached hydrogens (primary N) is 1. The van der Waals surface area contributed by atoms with Gasteiger partial charge in [0.2, 0.25) is 0 Å². The zero-order valence-corrected chi connectivity index (χ0v) is 11.6. The van der Waals surface area contributed by atoms with Crippen LogP contribution < -0.4 is 10.5 Å². The lowest BCUT2D eigenvalue weighted by Gasteiger charge is -2.20. The maximum Gasteiger partial charge on any atom is 0.123 e. The van der Waals surface area contributed by atoms with E-state index >= 15 is 0 Å². The first-order valence-corrected chi connectivity index (χ1v) is 7.16. The fourth-order valence-corrected chi connectivity index (χ4v) is 3.01. The molecule has 0 amide bonds. The van der Waals surface area contributed by atoms with Gasteiger partial charge in [0.05, 0.1) is 6.04 Å². The Morgan fingerprint density at radius 3 is 2.76 bits per heavy atom. The Bertz CT molecular complexity index is 770. The van der Waals surface area contributed by atoms with Gasteiger partial charge in [-0.05, 0) is 22.6 Å². The molecule has 2 atom stereocenters. The van der Waals surface area contributed by atoms with Crippen LogP contribution in [0.25, 0.3) is 10.8 Å². The third-order valence-electron chi connectivity index (χ3n) is 4.13. The molecule has 0 spiro atoms. The molecule has 0 radical (unpaired) electrons. The monoisotopic (exact) mass is 276 g/mol. The van der Waals surface area contributed by atoms with Gasteiger partial charge in [-0.25, -0.2) is 0 Å². The highest BCUT2D eigenvalue weighted by Gasteiger charge is 2.29. The standard InChI is InChI=1S/C18H16N2O/c19-18(17-9-12-5-2-4-8-16(12)21-17)15-11-20-10-13-6-1-3-7-14(13)15/h1-8,10-11,17-18H,9,19H2. The smallest absolute Gasteiger partial charge is 0.123 e. The van der Waals surface area contributed by atoms with Crippen LogP contribution in [0.1, 0.15) is 17.2 Å². The zero-order valence-electron chi connectivity index (χ0n) is 11.6. The number of hydrogen-bond donors (Lipinski definition) is 1. The second kappa shape index (κ2) is 4.86. The minimum Gasteiger partial charge on any atom is -0.488 e. The topological polar surface area (TPSA) is 48.1 Å². The summed E-state index contributed by atoms with van der Waals surface area (Å²) in [5.41, 5.74) is 8.76. The maximum atomic E-state index is 6.48. The van der Waals surface area contributed by atoms with Crippen LogP contribution in [0.2, 0.25) is 0 Å². The Labute approximate surface area is 123 Å². The minimum atomic E-state index is -0.184. The van der Waals surface area contributed by atoms with Crippen LogP contribution in [-0.2, 0) is 6.42 Å². The van der Waals surface area contributed by atoms with Crippen molar-refractivity contribution in [3.63, 3.8) is 0 Å². The van der Waals surface area contributed by atoms with Crippen LogP contribution >= 0.6 is 0 Å². The highest BCUT2D eigenvalue weighted by atomic mass is 16.5. The highest BCUT2D eigenvalue weighted by molar-refractivity contribution is 5.85. The van der Waals surface area contributed by atoms with Crippen molar-refractivity contribution >= 4 is 10.8 Å². The van der Waals surface area contributed by atoms with Gasteiger partial charge in [0, 0.05) is 24.2 Å². The molecule has 2 heterocycles. The second-order valence-corrected chi connectivity index (χ2v) is 5.44. The average molecular weight is 276 g/mol. The third kappa shape index (κ3) is 2.06. The zero-order chi connectivity index (χ0) is 14.2. The first-order chi connectivity index (χ1) is 10.3. The van der Waals surface area contributed by atoms with Crippen LogP contribution in [0.3, 0.4) is 0 Å². The number of nitrogens with zero attached hydrogens (tertiary/aromatic N) is 1. The summed E-state index contributed by atoms with van der Waals surface area (Å²) in [5, 5.41) is 2.26. The van der Waals surface area contributed by atoms with Gasteiger partial charge < -0.3 is 10.5 Å². The molecule has 0 saturated carbocycles. The molecular weight excluding hydrogens is 260 g/mol. The first-order valence-electron chi connectivity index (χ1n) is 7.16. The lowest BCUT2D eigenvalue weighted by Crippen LogP contribution is -2.30. The second-order valence-electron chi connectivity index (χ2n) is 5.44. The van der Waals surface area contributed by atoms with Gasteiger partial charge in [-0.2, -0.15) is 0 Å². The Balaban J connectivity index is 1.71. The largest absolute Gasteiger partial charge is 0.488 e. The SMILES string of the molecule is NC(c1cncc2ccccc12)C1Cc2ccccc2O1. The summed E-state index contributed by atoms with van der Waals surface area (Å²) in [6.45, 7) is 0. The molecule has 2 aromatic carbocycles. The molecule has 2 unspecified atom stereocenters. The van der Waals surface area contributed by atoms with E-state index < -0.39 is 0 Å². The lowest BCUT2D eigenvalue weighted by molar-refractivity contribution is 0.200. The van der Waals surface area contributed by atoms with Crippen molar-refractivity contribution in [1.82, 2.24) is 4.98 Å². The van der Waals surface area contributed by atoms with Gasteiger partial charge in [-0.3, -0.25) is 4.98 Å². The number of para-hydroxylation sites is 1. The summed E-state index contributed by atoms with van der Waals surface area (Å²) in [7, 11) is 0. The van der Waals surface area contributed by atoms with Crippen LogP contribution in [0.4, 0.5) is 0 Å². The van der Waals surface area contributed by atoms with E-state index in [1.807, 2.05) is 42.7 Å². The van der Waals surface area contributed by atoms with Gasteiger partial charge in [0.25, 0.3) is 0 Å². The summed E-state index contributed by atoms with van der Waals surface area (Å²) in [4.78, 5) is 4.32. The van der Waals surface area contributed by atoms with E-state index in [-0.39, 0.29) is 12.1 Å². The molecule has 0 fully saturated rings. The van der Waals surface area contributed by atoms with Gasteiger partial charge in [-0.15, -0.1) is 0 Å². The van der Waals surface area contributed by atoms with E-state index in [0.717, 1.165) is 28.5 Å². The minimum absolute atomic E-state index is 0.0324. The quantitative estimate of drug-likeness (QED) is 0.781. The molecule has 3 heteroatoms. The van der Waals surface area contributed by atoms with Crippen LogP contribution in [0.15, 0.2) is 60.9 Å². The summed E-state index contributed by atoms with van der Waals surface area (Å²) in [6, 6.07) is 16.1. The van der Waals surface area contributed by atoms with E-state index in [1.54, 1.807) is 0 Å². The molecule has 0 aliphatic carbocycles. The molecule has 3 aromatic rings.